The average molecular weight is 869 g/mol. The molecular formula is C62H40N6. The molecule has 0 saturated carbocycles. The van der Waals surface area contributed by atoms with E-state index in [1.807, 2.05) is 48.5 Å². The molecule has 0 saturated heterocycles. The third-order valence-electron chi connectivity index (χ3n) is 13.7. The van der Waals surface area contributed by atoms with Gasteiger partial charge >= 0.3 is 0 Å². The lowest BCUT2D eigenvalue weighted by Crippen LogP contribution is -2.53. The zero-order chi connectivity index (χ0) is 45.1. The van der Waals surface area contributed by atoms with Gasteiger partial charge in [0.2, 0.25) is 0 Å². The highest BCUT2D eigenvalue weighted by Crippen LogP contribution is 2.65. The van der Waals surface area contributed by atoms with E-state index in [1.165, 1.54) is 0 Å². The Morgan fingerprint density at radius 1 is 0.191 bits per heavy atom. The highest BCUT2D eigenvalue weighted by atomic mass is 15.1. The van der Waals surface area contributed by atoms with E-state index in [4.69, 9.17) is 29.9 Å². The highest BCUT2D eigenvalue weighted by molar-refractivity contribution is 5.85. The molecule has 14 rings (SSSR count). The Bertz CT molecular complexity index is 3330. The lowest BCUT2D eigenvalue weighted by atomic mass is 9.46. The summed E-state index contributed by atoms with van der Waals surface area (Å²) in [5, 5.41) is 0. The number of hydrogen-bond donors (Lipinski definition) is 0. The molecule has 6 heteroatoms. The predicted octanol–water partition coefficient (Wildman–Crippen LogP) is 13.5. The molecule has 68 heavy (non-hydrogen) atoms. The van der Waals surface area contributed by atoms with Crippen LogP contribution in [0.4, 0.5) is 0 Å². The Morgan fingerprint density at radius 3 is 0.735 bits per heavy atom. The van der Waals surface area contributed by atoms with E-state index >= 15 is 0 Å². The van der Waals surface area contributed by atoms with Gasteiger partial charge in [-0.2, -0.15) is 0 Å². The molecule has 318 valence electrons. The summed E-state index contributed by atoms with van der Waals surface area (Å²) in [4.78, 5) is 33.2. The molecule has 0 radical (unpaired) electrons. The largest absolute Gasteiger partial charge is 0.211 e. The van der Waals surface area contributed by atoms with Crippen LogP contribution in [0.25, 0.3) is 67.8 Å². The summed E-state index contributed by atoms with van der Waals surface area (Å²) >= 11 is 0. The second-order valence-corrected chi connectivity index (χ2v) is 17.3. The number of hydrogen-bond acceptors (Lipinski definition) is 6. The number of nitrogens with zero attached hydrogens (tertiary/aromatic N) is 6. The van der Waals surface area contributed by atoms with E-state index in [0.29, 0.717) is 34.9 Å². The molecule has 0 fully saturated rings. The second kappa shape index (κ2) is 15.9. The van der Waals surface area contributed by atoms with E-state index in [9.17, 15) is 0 Å². The molecule has 2 aromatic heterocycles. The molecule has 3 aliphatic carbocycles. The lowest BCUT2D eigenvalue weighted by Gasteiger charge is -2.55. The second-order valence-electron chi connectivity index (χ2n) is 17.3. The first-order chi connectivity index (χ1) is 33.7. The van der Waals surface area contributed by atoms with Crippen molar-refractivity contribution in [3.8, 4) is 67.8 Å². The van der Waals surface area contributed by atoms with Gasteiger partial charge in [0.05, 0.1) is 0 Å². The van der Waals surface area contributed by atoms with Crippen LogP contribution in [-0.4, -0.2) is 29.9 Å². The number of benzene rings is 9. The van der Waals surface area contributed by atoms with Crippen molar-refractivity contribution in [1.82, 2.24) is 29.9 Å². The molecule has 2 heterocycles. The lowest BCUT2D eigenvalue weighted by molar-refractivity contribution is 0.517. The van der Waals surface area contributed by atoms with Gasteiger partial charge in [0.25, 0.3) is 0 Å². The minimum Gasteiger partial charge on any atom is -0.211 e. The van der Waals surface area contributed by atoms with Gasteiger partial charge in [-0.25, -0.2) is 29.9 Å². The summed E-state index contributed by atoms with van der Waals surface area (Å²) in [5.41, 5.74) is 12.4. The van der Waals surface area contributed by atoms with Crippen molar-refractivity contribution in [2.24, 2.45) is 0 Å². The maximum absolute atomic E-state index is 5.68. The monoisotopic (exact) mass is 868 g/mol. The summed E-state index contributed by atoms with van der Waals surface area (Å²) in [6.07, 6.45) is 0. The van der Waals surface area contributed by atoms with Crippen LogP contribution in [0.5, 0.6) is 0 Å². The van der Waals surface area contributed by atoms with Crippen molar-refractivity contribution in [2.45, 2.75) is 10.8 Å². The van der Waals surface area contributed by atoms with Crippen LogP contribution in [0.1, 0.15) is 45.0 Å². The first-order valence-electron chi connectivity index (χ1n) is 23.0. The normalized spacial score (nSPS) is 16.4. The van der Waals surface area contributed by atoms with Crippen LogP contribution in [0, 0.1) is 0 Å². The highest BCUT2D eigenvalue weighted by Gasteiger charge is 2.62. The number of rotatable bonds is 8. The van der Waals surface area contributed by atoms with Gasteiger partial charge in [-0.1, -0.05) is 243 Å². The quantitative estimate of drug-likeness (QED) is 0.151. The van der Waals surface area contributed by atoms with Crippen LogP contribution in [0.2, 0.25) is 0 Å². The van der Waals surface area contributed by atoms with Gasteiger partial charge in [0.1, 0.15) is 10.8 Å². The zero-order valence-electron chi connectivity index (χ0n) is 36.8. The summed E-state index contributed by atoms with van der Waals surface area (Å²) in [7, 11) is 0. The van der Waals surface area contributed by atoms with Crippen molar-refractivity contribution < 1.29 is 0 Å². The summed E-state index contributed by atoms with van der Waals surface area (Å²) in [5.74, 6) is 3.69. The van der Waals surface area contributed by atoms with Gasteiger partial charge in [0.15, 0.2) is 34.9 Å². The van der Waals surface area contributed by atoms with E-state index in [2.05, 4.69) is 194 Å². The third kappa shape index (κ3) is 5.90. The zero-order valence-corrected chi connectivity index (χ0v) is 36.8. The van der Waals surface area contributed by atoms with Crippen molar-refractivity contribution in [1.29, 1.82) is 0 Å². The van der Waals surface area contributed by atoms with Crippen molar-refractivity contribution in [2.75, 3.05) is 0 Å². The SMILES string of the molecule is c1ccc(-c2nc(-c3ccccc3-c3ccccc3)nc(C34c5ccccc5C(c5nc(-c6ccccc6)nc(-c6ccccc6-c6ccccc6)n5)(c5ccccc53)c3ccccc34)n2)cc1. The molecule has 9 aromatic carbocycles. The van der Waals surface area contributed by atoms with Gasteiger partial charge in [0, 0.05) is 22.3 Å². The van der Waals surface area contributed by atoms with E-state index in [1.54, 1.807) is 0 Å². The maximum atomic E-state index is 5.68. The van der Waals surface area contributed by atoms with Gasteiger partial charge in [-0.15, -0.1) is 0 Å². The molecule has 0 unspecified atom stereocenters. The molecular weight excluding hydrogens is 829 g/mol. The molecule has 0 spiro atoms. The Morgan fingerprint density at radius 2 is 0.426 bits per heavy atom. The standard InChI is InChI=1S/C62H40N6/c1-5-23-41(24-6-1)45-31-13-15-33-47(45)57-63-55(43-27-9-3-10-28-43)65-59(67-57)61-49-35-17-20-38-52(49)62(53-39-21-18-36-50(53)61,54-40-22-19-37-51(54)61)60-66-56(44-29-11-4-12-30-44)64-58(68-60)48-34-16-14-32-46(48)42-25-7-2-8-26-42/h1-40H. The minimum atomic E-state index is -0.966. The fraction of sp³-hybridized carbons (Fsp3) is 0.0323. The predicted molar refractivity (Wildman–Crippen MR) is 270 cm³/mol. The van der Waals surface area contributed by atoms with Crippen LogP contribution in [-0.2, 0) is 10.8 Å². The first-order valence-corrected chi connectivity index (χ1v) is 23.0. The van der Waals surface area contributed by atoms with Crippen molar-refractivity contribution in [3.63, 3.8) is 0 Å². The molecule has 11 aromatic rings. The Kier molecular flexibility index (Phi) is 9.18. The Hall–Kier alpha value is -9.00. The van der Waals surface area contributed by atoms with Crippen molar-refractivity contribution >= 4 is 0 Å². The van der Waals surface area contributed by atoms with Gasteiger partial charge < -0.3 is 0 Å². The van der Waals surface area contributed by atoms with E-state index in [-0.39, 0.29) is 0 Å². The fourth-order valence-corrected chi connectivity index (χ4v) is 10.9. The van der Waals surface area contributed by atoms with E-state index < -0.39 is 10.8 Å². The molecule has 0 atom stereocenters. The third-order valence-corrected chi connectivity index (χ3v) is 13.7. The molecule has 0 amide bonds. The minimum absolute atomic E-state index is 0.601. The van der Waals surface area contributed by atoms with Gasteiger partial charge in [-0.05, 0) is 55.6 Å². The topological polar surface area (TPSA) is 77.3 Å². The molecule has 0 N–H and O–H groups in total. The smallest absolute Gasteiger partial charge is 0.164 e. The van der Waals surface area contributed by atoms with Crippen LogP contribution in [0.3, 0.4) is 0 Å². The maximum Gasteiger partial charge on any atom is 0.164 e. The number of aromatic nitrogens is 6. The summed E-state index contributed by atoms with van der Waals surface area (Å²) in [6, 6.07) is 84.6. The van der Waals surface area contributed by atoms with Crippen LogP contribution >= 0.6 is 0 Å². The molecule has 0 aliphatic heterocycles. The van der Waals surface area contributed by atoms with Crippen LogP contribution in [0.15, 0.2) is 243 Å². The Balaban J connectivity index is 1.13. The summed E-state index contributed by atoms with van der Waals surface area (Å²) < 4.78 is 0. The van der Waals surface area contributed by atoms with Gasteiger partial charge in [-0.3, -0.25) is 0 Å². The van der Waals surface area contributed by atoms with Crippen LogP contribution < -0.4 is 0 Å². The van der Waals surface area contributed by atoms with E-state index in [0.717, 1.165) is 77.9 Å². The molecule has 6 nitrogen and oxygen atoms in total. The fourth-order valence-electron chi connectivity index (χ4n) is 10.9. The Labute approximate surface area is 394 Å². The average Bonchev–Trinajstić information content (AvgIpc) is 3.43. The molecule has 2 bridgehead atoms. The summed E-state index contributed by atoms with van der Waals surface area (Å²) in [6.45, 7) is 0. The molecule has 3 aliphatic rings. The first kappa shape index (κ1) is 39.4. The van der Waals surface area contributed by atoms with Crippen molar-refractivity contribution in [3.05, 3.63) is 288 Å².